The van der Waals surface area contributed by atoms with E-state index >= 15 is 0 Å². The van der Waals surface area contributed by atoms with Gasteiger partial charge in [0.25, 0.3) is 9.70 Å². The summed E-state index contributed by atoms with van der Waals surface area (Å²) in [5, 5.41) is 2.77. The molecule has 21 heavy (non-hydrogen) atoms. The Kier molecular flexibility index (Phi) is 4.15. The van der Waals surface area contributed by atoms with Crippen LogP contribution < -0.4 is 5.32 Å². The highest BCUT2D eigenvalue weighted by Gasteiger charge is 2.44. The molecule has 0 radical (unpaired) electrons. The zero-order valence-electron chi connectivity index (χ0n) is 11.4. The zero-order valence-corrected chi connectivity index (χ0v) is 13.7. The van der Waals surface area contributed by atoms with Gasteiger partial charge in [0, 0.05) is 24.9 Å². The largest absolute Gasteiger partial charge is 0.346 e. The normalized spacial score (nSPS) is 35.4. The van der Waals surface area contributed by atoms with Crippen LogP contribution in [0.3, 0.4) is 0 Å². The van der Waals surface area contributed by atoms with Crippen molar-refractivity contribution in [2.24, 2.45) is 11.8 Å². The van der Waals surface area contributed by atoms with Gasteiger partial charge in [-0.25, -0.2) is 0 Å². The molecule has 2 fully saturated rings. The van der Waals surface area contributed by atoms with Crippen LogP contribution in [0.15, 0.2) is 12.2 Å². The molecule has 3 aliphatic rings. The van der Waals surface area contributed by atoms with Crippen molar-refractivity contribution in [1.82, 2.24) is 10.2 Å². The number of fused-ring (bicyclic) bond motifs is 4. The van der Waals surface area contributed by atoms with Gasteiger partial charge in [-0.05, 0) is 25.2 Å². The lowest BCUT2D eigenvalue weighted by Crippen LogP contribution is -2.59. The number of halogens is 3. The third kappa shape index (κ3) is 3.03. The second kappa shape index (κ2) is 5.64. The van der Waals surface area contributed by atoms with Crippen molar-refractivity contribution < 1.29 is 9.59 Å². The van der Waals surface area contributed by atoms with Crippen LogP contribution in [-0.4, -0.2) is 39.1 Å². The van der Waals surface area contributed by atoms with Crippen LogP contribution in [0, 0.1) is 11.8 Å². The van der Waals surface area contributed by atoms with Gasteiger partial charge in [-0.15, -0.1) is 0 Å². The monoisotopic (exact) mass is 350 g/mol. The predicted octanol–water partition coefficient (Wildman–Crippen LogP) is 2.43. The van der Waals surface area contributed by atoms with Crippen molar-refractivity contribution in [3.8, 4) is 0 Å². The molecule has 4 atom stereocenters. The van der Waals surface area contributed by atoms with Crippen LogP contribution in [0.25, 0.3) is 0 Å². The average molecular weight is 352 g/mol. The Hall–Kier alpha value is -0.450. The molecule has 2 heterocycles. The van der Waals surface area contributed by atoms with E-state index in [4.69, 9.17) is 34.8 Å². The van der Waals surface area contributed by atoms with Gasteiger partial charge in [-0.2, -0.15) is 0 Å². The maximum atomic E-state index is 12.1. The summed E-state index contributed by atoms with van der Waals surface area (Å²) in [4.78, 5) is 25.9. The summed E-state index contributed by atoms with van der Waals surface area (Å²) in [7, 11) is 0. The molecule has 3 rings (SSSR count). The molecule has 1 N–H and O–H groups in total. The van der Waals surface area contributed by atoms with Crippen molar-refractivity contribution >= 4 is 46.6 Å². The number of nitrogens with one attached hydrogen (secondary N) is 1. The molecule has 116 valence electrons. The van der Waals surface area contributed by atoms with Crippen LogP contribution in [0.2, 0.25) is 0 Å². The molecule has 0 aromatic carbocycles. The first kappa shape index (κ1) is 15.4. The maximum absolute atomic E-state index is 12.1. The summed E-state index contributed by atoms with van der Waals surface area (Å²) in [6, 6.07) is 0.142. The van der Waals surface area contributed by atoms with Crippen molar-refractivity contribution in [3.63, 3.8) is 0 Å². The van der Waals surface area contributed by atoms with Crippen LogP contribution >= 0.6 is 34.8 Å². The molecule has 4 nitrogen and oxygen atoms in total. The Morgan fingerprint density at radius 2 is 2.10 bits per heavy atom. The van der Waals surface area contributed by atoms with Crippen molar-refractivity contribution in [3.05, 3.63) is 12.2 Å². The smallest absolute Gasteiger partial charge is 0.272 e. The molecular formula is C14H17Cl3N2O2. The van der Waals surface area contributed by atoms with Crippen LogP contribution in [0.1, 0.15) is 25.7 Å². The first-order valence-electron chi connectivity index (χ1n) is 7.22. The molecule has 1 aliphatic carbocycles. The Balaban J connectivity index is 1.75. The second-order valence-corrected chi connectivity index (χ2v) is 8.33. The van der Waals surface area contributed by atoms with E-state index in [0.29, 0.717) is 24.9 Å². The molecule has 2 bridgehead atoms. The van der Waals surface area contributed by atoms with Gasteiger partial charge in [-0.1, -0.05) is 47.0 Å². The number of carbonyl (C=O) groups excluding carboxylic acids is 2. The van der Waals surface area contributed by atoms with Crippen LogP contribution in [0.4, 0.5) is 0 Å². The lowest BCUT2D eigenvalue weighted by atomic mass is 9.73. The SMILES string of the molecule is O=C1CCC[C@@H]2[C@H]3C=C[C@@H](NC(=O)C(Cl)(Cl)Cl)[C@@H](C3)CN12. The standard InChI is InChI=1S/C14H17Cl3N2O2/c15-14(16,17)13(21)18-10-5-4-8-6-9(10)7-19-11(8)2-1-3-12(19)20/h4-5,8-11H,1-3,6-7H2,(H,18,21)/t8-,9-,10+,11+/m0/s1. The molecule has 2 amide bonds. The van der Waals surface area contributed by atoms with E-state index in [1.807, 2.05) is 11.0 Å². The Bertz CT molecular complexity index is 489. The molecule has 2 saturated heterocycles. The minimum Gasteiger partial charge on any atom is -0.346 e. The number of alkyl halides is 3. The summed E-state index contributed by atoms with van der Waals surface area (Å²) in [5.41, 5.74) is 0. The summed E-state index contributed by atoms with van der Waals surface area (Å²) >= 11 is 16.8. The number of piperidine rings is 2. The quantitative estimate of drug-likeness (QED) is 0.583. The summed E-state index contributed by atoms with van der Waals surface area (Å²) < 4.78 is -1.96. The molecule has 0 aromatic heterocycles. The second-order valence-electron chi connectivity index (χ2n) is 6.05. The highest BCUT2D eigenvalue weighted by atomic mass is 35.6. The first-order valence-corrected chi connectivity index (χ1v) is 8.35. The fourth-order valence-electron chi connectivity index (χ4n) is 3.75. The van der Waals surface area contributed by atoms with Gasteiger partial charge >= 0.3 is 0 Å². The lowest BCUT2D eigenvalue weighted by Gasteiger charge is -2.50. The Morgan fingerprint density at radius 1 is 1.33 bits per heavy atom. The van der Waals surface area contributed by atoms with Gasteiger partial charge in [0.05, 0.1) is 6.04 Å². The Morgan fingerprint density at radius 3 is 2.81 bits per heavy atom. The van der Waals surface area contributed by atoms with Crippen LogP contribution in [-0.2, 0) is 9.59 Å². The molecular weight excluding hydrogens is 335 g/mol. The maximum Gasteiger partial charge on any atom is 0.272 e. The van der Waals surface area contributed by atoms with Gasteiger partial charge in [-0.3, -0.25) is 9.59 Å². The highest BCUT2D eigenvalue weighted by Crippen LogP contribution is 2.39. The minimum atomic E-state index is -1.96. The van der Waals surface area contributed by atoms with Crippen molar-refractivity contribution in [1.29, 1.82) is 0 Å². The fourth-order valence-corrected chi connectivity index (χ4v) is 3.91. The summed E-state index contributed by atoms with van der Waals surface area (Å²) in [6.45, 7) is 0.676. The number of hydrogen-bond acceptors (Lipinski definition) is 2. The van der Waals surface area contributed by atoms with Crippen LogP contribution in [0.5, 0.6) is 0 Å². The predicted molar refractivity (Wildman–Crippen MR) is 82.3 cm³/mol. The lowest BCUT2D eigenvalue weighted by molar-refractivity contribution is -0.141. The zero-order chi connectivity index (χ0) is 15.2. The van der Waals surface area contributed by atoms with Gasteiger partial charge in [0.15, 0.2) is 0 Å². The fraction of sp³-hybridized carbons (Fsp3) is 0.714. The molecule has 7 heteroatoms. The molecule has 0 aromatic rings. The van der Waals surface area contributed by atoms with E-state index in [9.17, 15) is 9.59 Å². The number of carbonyl (C=O) groups is 2. The average Bonchev–Trinajstić information content (AvgIpc) is 2.42. The van der Waals surface area contributed by atoms with Gasteiger partial charge in [0.2, 0.25) is 5.91 Å². The van der Waals surface area contributed by atoms with Crippen molar-refractivity contribution in [2.45, 2.75) is 41.6 Å². The first-order chi connectivity index (χ1) is 9.86. The molecule has 0 spiro atoms. The van der Waals surface area contributed by atoms with E-state index in [1.54, 1.807) is 0 Å². The van der Waals surface area contributed by atoms with Crippen molar-refractivity contribution in [2.75, 3.05) is 6.54 Å². The summed E-state index contributed by atoms with van der Waals surface area (Å²) in [6.07, 6.45) is 7.74. The Labute approximate surface area is 138 Å². The number of hydrogen-bond donors (Lipinski definition) is 1. The van der Waals surface area contributed by atoms with E-state index in [1.165, 1.54) is 0 Å². The summed E-state index contributed by atoms with van der Waals surface area (Å²) in [5.74, 6) is 0.180. The third-order valence-electron chi connectivity index (χ3n) is 4.74. The molecule has 2 aliphatic heterocycles. The number of nitrogens with zero attached hydrogens (tertiary/aromatic N) is 1. The third-order valence-corrected chi connectivity index (χ3v) is 5.26. The van der Waals surface area contributed by atoms with E-state index in [0.717, 1.165) is 19.3 Å². The molecule has 0 saturated carbocycles. The highest BCUT2D eigenvalue weighted by molar-refractivity contribution is 6.76. The minimum absolute atomic E-state index is 0.181. The van der Waals surface area contributed by atoms with Gasteiger partial charge in [0.1, 0.15) is 0 Å². The van der Waals surface area contributed by atoms with E-state index in [-0.39, 0.29) is 17.9 Å². The van der Waals surface area contributed by atoms with E-state index in [2.05, 4.69) is 11.4 Å². The topological polar surface area (TPSA) is 49.4 Å². The number of amides is 2. The van der Waals surface area contributed by atoms with Gasteiger partial charge < -0.3 is 10.2 Å². The van der Waals surface area contributed by atoms with E-state index < -0.39 is 9.70 Å². The number of rotatable bonds is 1. The molecule has 0 unspecified atom stereocenters.